The highest BCUT2D eigenvalue weighted by Crippen LogP contribution is 2.22. The van der Waals surface area contributed by atoms with Gasteiger partial charge in [-0.05, 0) is 18.1 Å². The molecule has 0 saturated carbocycles. The number of hydrogen-bond donors (Lipinski definition) is 2. The second-order valence-electron chi connectivity index (χ2n) is 4.67. The molecule has 0 amide bonds. The number of β-amino-alcohol motifs (C(OH)–C–C–N with tert-alkyl or cyclic N) is 1. The smallest absolute Gasteiger partial charge is 0.243 e. The second-order valence-corrected chi connectivity index (χ2v) is 4.67. The van der Waals surface area contributed by atoms with Crippen molar-refractivity contribution in [2.45, 2.75) is 25.0 Å². The maximum atomic E-state index is 13.5. The molecular weight excluding hydrogens is 249 g/mol. The average molecular weight is 263 g/mol. The third kappa shape index (κ3) is 2.64. The molecule has 0 radical (unpaired) electrons. The third-order valence-electron chi connectivity index (χ3n) is 3.20. The zero-order valence-electron chi connectivity index (χ0n) is 10.2. The molecule has 19 heavy (non-hydrogen) atoms. The average Bonchev–Trinajstić information content (AvgIpc) is 3.01. The van der Waals surface area contributed by atoms with Crippen molar-refractivity contribution in [3.8, 4) is 0 Å². The van der Waals surface area contributed by atoms with Gasteiger partial charge in [-0.25, -0.2) is 4.39 Å². The molecule has 6 heteroatoms. The van der Waals surface area contributed by atoms with Crippen molar-refractivity contribution >= 4 is 0 Å². The van der Waals surface area contributed by atoms with Gasteiger partial charge in [-0.2, -0.15) is 4.98 Å². The van der Waals surface area contributed by atoms with E-state index in [-0.39, 0.29) is 18.0 Å². The lowest BCUT2D eigenvalue weighted by Crippen LogP contribution is -2.15. The van der Waals surface area contributed by atoms with Crippen LogP contribution in [0.4, 0.5) is 4.39 Å². The summed E-state index contributed by atoms with van der Waals surface area (Å²) in [6.07, 6.45) is 0.471. The van der Waals surface area contributed by atoms with Gasteiger partial charge >= 0.3 is 0 Å². The minimum atomic E-state index is -0.382. The summed E-state index contributed by atoms with van der Waals surface area (Å²) in [5.41, 5.74) is 0.536. The molecule has 1 aliphatic heterocycles. The predicted octanol–water partition coefficient (Wildman–Crippen LogP) is 1.19. The van der Waals surface area contributed by atoms with Crippen molar-refractivity contribution in [1.82, 2.24) is 15.5 Å². The van der Waals surface area contributed by atoms with E-state index in [1.54, 1.807) is 18.2 Å². The lowest BCUT2D eigenvalue weighted by molar-refractivity contribution is 0.191. The zero-order chi connectivity index (χ0) is 13.2. The van der Waals surface area contributed by atoms with Gasteiger partial charge in [0, 0.05) is 13.0 Å². The Bertz CT molecular complexity index is 573. The van der Waals surface area contributed by atoms with Crippen LogP contribution in [0.25, 0.3) is 0 Å². The van der Waals surface area contributed by atoms with Gasteiger partial charge in [0.05, 0.1) is 12.1 Å². The van der Waals surface area contributed by atoms with Crippen LogP contribution >= 0.6 is 0 Å². The Morgan fingerprint density at radius 3 is 3.00 bits per heavy atom. The first kappa shape index (κ1) is 12.3. The molecule has 100 valence electrons. The lowest BCUT2D eigenvalue weighted by Gasteiger charge is -2.01. The number of halogens is 1. The van der Waals surface area contributed by atoms with Crippen LogP contribution in [0, 0.1) is 5.82 Å². The van der Waals surface area contributed by atoms with Gasteiger partial charge in [-0.15, -0.1) is 0 Å². The van der Waals surface area contributed by atoms with Gasteiger partial charge in [0.15, 0.2) is 5.82 Å². The molecule has 2 unspecified atom stereocenters. The fourth-order valence-electron chi connectivity index (χ4n) is 2.20. The molecule has 2 heterocycles. The van der Waals surface area contributed by atoms with Gasteiger partial charge in [0.25, 0.3) is 0 Å². The third-order valence-corrected chi connectivity index (χ3v) is 3.20. The van der Waals surface area contributed by atoms with Gasteiger partial charge in [-0.3, -0.25) is 0 Å². The molecule has 1 aliphatic rings. The topological polar surface area (TPSA) is 71.2 Å². The van der Waals surface area contributed by atoms with Crippen LogP contribution in [0.15, 0.2) is 28.8 Å². The first-order chi connectivity index (χ1) is 9.22. The summed E-state index contributed by atoms with van der Waals surface area (Å²) in [5, 5.41) is 16.4. The second kappa shape index (κ2) is 5.07. The molecule has 2 atom stereocenters. The number of aromatic nitrogens is 2. The van der Waals surface area contributed by atoms with Crippen LogP contribution < -0.4 is 5.32 Å². The minimum Gasteiger partial charge on any atom is -0.392 e. The van der Waals surface area contributed by atoms with Crippen molar-refractivity contribution in [2.75, 3.05) is 6.54 Å². The zero-order valence-corrected chi connectivity index (χ0v) is 10.2. The molecule has 0 spiro atoms. The van der Waals surface area contributed by atoms with Crippen LogP contribution in [0.1, 0.15) is 29.7 Å². The van der Waals surface area contributed by atoms with Crippen LogP contribution in [-0.2, 0) is 6.42 Å². The van der Waals surface area contributed by atoms with Crippen LogP contribution in [-0.4, -0.2) is 27.9 Å². The molecule has 5 nitrogen and oxygen atoms in total. The number of rotatable bonds is 3. The van der Waals surface area contributed by atoms with Crippen molar-refractivity contribution in [3.63, 3.8) is 0 Å². The molecule has 1 fully saturated rings. The standard InChI is InChI=1S/C13H14FN3O2/c14-10-4-2-1-3-8(10)5-12-16-13(19-17-12)11-6-9(18)7-15-11/h1-4,9,11,15,18H,5-7H2. The monoisotopic (exact) mass is 263 g/mol. The highest BCUT2D eigenvalue weighted by atomic mass is 19.1. The predicted molar refractivity (Wildman–Crippen MR) is 64.9 cm³/mol. The SMILES string of the molecule is OC1CNC(c2nc(Cc3ccccc3F)no2)C1. The van der Waals surface area contributed by atoms with E-state index in [2.05, 4.69) is 15.5 Å². The number of aliphatic hydroxyl groups is 1. The lowest BCUT2D eigenvalue weighted by atomic mass is 10.1. The Kier molecular flexibility index (Phi) is 3.27. The molecule has 1 saturated heterocycles. The maximum Gasteiger partial charge on any atom is 0.243 e. The van der Waals surface area contributed by atoms with Crippen LogP contribution in [0.5, 0.6) is 0 Å². The number of benzene rings is 1. The van der Waals surface area contributed by atoms with Gasteiger partial charge < -0.3 is 14.9 Å². The molecular formula is C13H14FN3O2. The van der Waals surface area contributed by atoms with Crippen molar-refractivity contribution < 1.29 is 14.0 Å². The maximum absolute atomic E-state index is 13.5. The quantitative estimate of drug-likeness (QED) is 0.870. The summed E-state index contributed by atoms with van der Waals surface area (Å²) >= 11 is 0. The summed E-state index contributed by atoms with van der Waals surface area (Å²) in [7, 11) is 0. The fourth-order valence-corrected chi connectivity index (χ4v) is 2.20. The molecule has 2 N–H and O–H groups in total. The van der Waals surface area contributed by atoms with E-state index < -0.39 is 0 Å². The van der Waals surface area contributed by atoms with Gasteiger partial charge in [0.2, 0.25) is 5.89 Å². The van der Waals surface area contributed by atoms with E-state index in [9.17, 15) is 9.50 Å². The molecule has 3 rings (SSSR count). The number of hydrogen-bond acceptors (Lipinski definition) is 5. The molecule has 1 aromatic carbocycles. The molecule has 1 aromatic heterocycles. The van der Waals surface area contributed by atoms with E-state index in [0.717, 1.165) is 0 Å². The summed E-state index contributed by atoms with van der Waals surface area (Å²) in [6.45, 7) is 0.524. The molecule has 0 aliphatic carbocycles. The highest BCUT2D eigenvalue weighted by Gasteiger charge is 2.28. The largest absolute Gasteiger partial charge is 0.392 e. The van der Waals surface area contributed by atoms with E-state index in [1.165, 1.54) is 6.07 Å². The number of aliphatic hydroxyl groups excluding tert-OH is 1. The number of nitrogens with one attached hydrogen (secondary N) is 1. The Morgan fingerprint density at radius 1 is 1.42 bits per heavy atom. The summed E-state index contributed by atoms with van der Waals surface area (Å²) in [4.78, 5) is 4.25. The van der Waals surface area contributed by atoms with E-state index in [1.807, 2.05) is 0 Å². The summed E-state index contributed by atoms with van der Waals surface area (Å²) in [6, 6.07) is 6.41. The number of nitrogens with zero attached hydrogens (tertiary/aromatic N) is 2. The summed E-state index contributed by atoms with van der Waals surface area (Å²) in [5.74, 6) is 0.620. The Labute approximate surface area is 109 Å². The van der Waals surface area contributed by atoms with Crippen LogP contribution in [0.3, 0.4) is 0 Å². The Hall–Kier alpha value is -1.79. The van der Waals surface area contributed by atoms with E-state index >= 15 is 0 Å². The van der Waals surface area contributed by atoms with Gasteiger partial charge in [0.1, 0.15) is 5.82 Å². The highest BCUT2D eigenvalue weighted by molar-refractivity contribution is 5.20. The van der Waals surface area contributed by atoms with E-state index in [4.69, 9.17) is 4.52 Å². The normalized spacial score (nSPS) is 22.8. The first-order valence-electron chi connectivity index (χ1n) is 6.19. The Balaban J connectivity index is 1.73. The minimum absolute atomic E-state index is 0.114. The van der Waals surface area contributed by atoms with Crippen LogP contribution in [0.2, 0.25) is 0 Å². The van der Waals surface area contributed by atoms with Crippen molar-refractivity contribution in [1.29, 1.82) is 0 Å². The van der Waals surface area contributed by atoms with E-state index in [0.29, 0.717) is 36.7 Å². The first-order valence-corrected chi connectivity index (χ1v) is 6.19. The van der Waals surface area contributed by atoms with Crippen molar-refractivity contribution in [2.24, 2.45) is 0 Å². The fraction of sp³-hybridized carbons (Fsp3) is 0.385. The summed E-state index contributed by atoms with van der Waals surface area (Å²) < 4.78 is 18.7. The van der Waals surface area contributed by atoms with Gasteiger partial charge in [-0.1, -0.05) is 23.4 Å². The Morgan fingerprint density at radius 2 is 2.26 bits per heavy atom. The molecule has 0 bridgehead atoms. The van der Waals surface area contributed by atoms with Crippen molar-refractivity contribution in [3.05, 3.63) is 47.4 Å². The molecule has 2 aromatic rings.